The molecule has 2 heterocycles. The van der Waals surface area contributed by atoms with Gasteiger partial charge in [-0.05, 0) is 55.9 Å². The van der Waals surface area contributed by atoms with Crippen molar-refractivity contribution in [3.8, 4) is 0 Å². The minimum absolute atomic E-state index is 0.0271. The van der Waals surface area contributed by atoms with Crippen LogP contribution in [0.15, 0.2) is 30.6 Å². The summed E-state index contributed by atoms with van der Waals surface area (Å²) in [6.07, 6.45) is 5.48. The highest BCUT2D eigenvalue weighted by Gasteiger charge is 2.22. The van der Waals surface area contributed by atoms with Crippen molar-refractivity contribution in [2.75, 3.05) is 18.4 Å². The third-order valence-corrected chi connectivity index (χ3v) is 4.61. The first-order chi connectivity index (χ1) is 11.5. The van der Waals surface area contributed by atoms with Gasteiger partial charge in [0.1, 0.15) is 0 Å². The summed E-state index contributed by atoms with van der Waals surface area (Å²) in [5.41, 5.74) is 3.96. The maximum absolute atomic E-state index is 12.5. The Labute approximate surface area is 143 Å². The van der Waals surface area contributed by atoms with E-state index in [-0.39, 0.29) is 5.91 Å². The number of nitrogens with zero attached hydrogens (tertiary/aromatic N) is 3. The van der Waals surface area contributed by atoms with Crippen molar-refractivity contribution in [3.05, 3.63) is 47.3 Å². The van der Waals surface area contributed by atoms with Gasteiger partial charge in [-0.1, -0.05) is 13.0 Å². The fourth-order valence-corrected chi connectivity index (χ4v) is 3.01. The molecular weight excluding hydrogens is 300 g/mol. The van der Waals surface area contributed by atoms with Gasteiger partial charge in [0, 0.05) is 31.2 Å². The van der Waals surface area contributed by atoms with Crippen LogP contribution in [0.2, 0.25) is 0 Å². The molecule has 1 saturated heterocycles. The second-order valence-electron chi connectivity index (χ2n) is 6.72. The van der Waals surface area contributed by atoms with Gasteiger partial charge < -0.3 is 10.2 Å². The number of hydrogen-bond donors (Lipinski definition) is 1. The average Bonchev–Trinajstić information content (AvgIpc) is 2.58. The summed E-state index contributed by atoms with van der Waals surface area (Å²) >= 11 is 0. The molecule has 1 atom stereocenters. The summed E-state index contributed by atoms with van der Waals surface area (Å²) < 4.78 is 0. The molecule has 5 nitrogen and oxygen atoms in total. The Morgan fingerprint density at radius 1 is 1.21 bits per heavy atom. The first-order valence-corrected chi connectivity index (χ1v) is 8.48. The van der Waals surface area contributed by atoms with Crippen molar-refractivity contribution in [1.82, 2.24) is 14.9 Å². The van der Waals surface area contributed by atoms with Gasteiger partial charge in [0.25, 0.3) is 5.91 Å². The normalized spacial score (nSPS) is 17.6. The molecule has 5 heteroatoms. The second-order valence-corrected chi connectivity index (χ2v) is 6.72. The predicted molar refractivity (Wildman–Crippen MR) is 95.5 cm³/mol. The zero-order chi connectivity index (χ0) is 17.1. The summed E-state index contributed by atoms with van der Waals surface area (Å²) in [5, 5.41) is 3.18. The molecule has 0 bridgehead atoms. The summed E-state index contributed by atoms with van der Waals surface area (Å²) in [6.45, 7) is 7.99. The molecule has 2 aromatic rings. The van der Waals surface area contributed by atoms with Crippen LogP contribution in [0.3, 0.4) is 0 Å². The summed E-state index contributed by atoms with van der Waals surface area (Å²) in [6, 6.07) is 6.12. The van der Waals surface area contributed by atoms with E-state index in [2.05, 4.69) is 48.2 Å². The first kappa shape index (κ1) is 16.4. The minimum atomic E-state index is 0.0271. The Morgan fingerprint density at radius 2 is 1.96 bits per heavy atom. The molecule has 1 amide bonds. The lowest BCUT2D eigenvalue weighted by molar-refractivity contribution is 0.0682. The van der Waals surface area contributed by atoms with Crippen LogP contribution in [0.25, 0.3) is 0 Å². The van der Waals surface area contributed by atoms with Crippen LogP contribution < -0.4 is 5.32 Å². The van der Waals surface area contributed by atoms with Crippen LogP contribution >= 0.6 is 0 Å². The van der Waals surface area contributed by atoms with E-state index >= 15 is 0 Å². The molecule has 1 fully saturated rings. The Balaban J connectivity index is 1.68. The van der Waals surface area contributed by atoms with Crippen molar-refractivity contribution in [2.24, 2.45) is 5.92 Å². The predicted octanol–water partition coefficient (Wildman–Crippen LogP) is 3.71. The number of nitrogens with one attached hydrogen (secondary N) is 1. The molecule has 0 spiro atoms. The minimum Gasteiger partial charge on any atom is -0.338 e. The topological polar surface area (TPSA) is 58.1 Å². The number of amides is 1. The van der Waals surface area contributed by atoms with Crippen LogP contribution in [-0.4, -0.2) is 33.9 Å². The van der Waals surface area contributed by atoms with Gasteiger partial charge in [-0.25, -0.2) is 9.97 Å². The quantitative estimate of drug-likeness (QED) is 0.935. The van der Waals surface area contributed by atoms with Gasteiger partial charge in [0.05, 0.1) is 5.56 Å². The van der Waals surface area contributed by atoms with Gasteiger partial charge in [0.15, 0.2) is 0 Å². The van der Waals surface area contributed by atoms with Crippen LogP contribution in [0.1, 0.15) is 41.3 Å². The molecule has 126 valence electrons. The van der Waals surface area contributed by atoms with Gasteiger partial charge in [-0.2, -0.15) is 0 Å². The Bertz CT molecular complexity index is 727. The van der Waals surface area contributed by atoms with Crippen molar-refractivity contribution < 1.29 is 4.79 Å². The van der Waals surface area contributed by atoms with E-state index < -0.39 is 0 Å². The van der Waals surface area contributed by atoms with Crippen molar-refractivity contribution in [3.63, 3.8) is 0 Å². The lowest BCUT2D eigenvalue weighted by Gasteiger charge is -2.30. The lowest BCUT2D eigenvalue weighted by atomic mass is 10.00. The number of hydrogen-bond acceptors (Lipinski definition) is 4. The molecule has 24 heavy (non-hydrogen) atoms. The van der Waals surface area contributed by atoms with Crippen molar-refractivity contribution >= 4 is 17.5 Å². The van der Waals surface area contributed by atoms with Crippen LogP contribution in [0.4, 0.5) is 11.6 Å². The molecule has 1 aliphatic rings. The van der Waals surface area contributed by atoms with E-state index in [0.717, 1.165) is 25.2 Å². The molecule has 1 unspecified atom stereocenters. The molecule has 1 N–H and O–H groups in total. The Morgan fingerprint density at radius 3 is 2.62 bits per heavy atom. The summed E-state index contributed by atoms with van der Waals surface area (Å²) in [7, 11) is 0. The second kappa shape index (κ2) is 6.99. The largest absolute Gasteiger partial charge is 0.338 e. The standard InChI is InChI=1S/C19H24N4O/c1-13-5-4-8-23(12-13)18(24)16-10-20-19(21-11-16)22-17-7-6-14(2)15(3)9-17/h6-7,9-11,13H,4-5,8,12H2,1-3H3,(H,20,21,22). The van der Waals surface area contributed by atoms with Crippen molar-refractivity contribution in [1.29, 1.82) is 0 Å². The molecule has 1 aromatic heterocycles. The molecular formula is C19H24N4O. The molecule has 0 aliphatic carbocycles. The van der Waals surface area contributed by atoms with Gasteiger partial charge in [-0.3, -0.25) is 4.79 Å². The summed E-state index contributed by atoms with van der Waals surface area (Å²) in [5.74, 6) is 1.09. The maximum atomic E-state index is 12.5. The fourth-order valence-electron chi connectivity index (χ4n) is 3.01. The highest BCUT2D eigenvalue weighted by atomic mass is 16.2. The number of anilines is 2. The number of likely N-dealkylation sites (tertiary alicyclic amines) is 1. The fraction of sp³-hybridized carbons (Fsp3) is 0.421. The molecule has 0 saturated carbocycles. The SMILES string of the molecule is Cc1ccc(Nc2ncc(C(=O)N3CCCC(C)C3)cn2)cc1C. The van der Waals surface area contributed by atoms with Crippen LogP contribution in [0, 0.1) is 19.8 Å². The number of carbonyl (C=O) groups excluding carboxylic acids is 1. The Hall–Kier alpha value is -2.43. The highest BCUT2D eigenvalue weighted by Crippen LogP contribution is 2.19. The zero-order valence-electron chi connectivity index (χ0n) is 14.5. The first-order valence-electron chi connectivity index (χ1n) is 8.48. The van der Waals surface area contributed by atoms with E-state index in [0.29, 0.717) is 17.4 Å². The number of aryl methyl sites for hydroxylation is 2. The molecule has 1 aromatic carbocycles. The van der Waals surface area contributed by atoms with Crippen LogP contribution in [0.5, 0.6) is 0 Å². The van der Waals surface area contributed by atoms with E-state index in [1.54, 1.807) is 12.4 Å². The third-order valence-electron chi connectivity index (χ3n) is 4.61. The smallest absolute Gasteiger partial charge is 0.257 e. The van der Waals surface area contributed by atoms with Crippen molar-refractivity contribution in [2.45, 2.75) is 33.6 Å². The van der Waals surface area contributed by atoms with Gasteiger partial charge in [0.2, 0.25) is 5.95 Å². The van der Waals surface area contributed by atoms with Gasteiger partial charge >= 0.3 is 0 Å². The van der Waals surface area contributed by atoms with Crippen LogP contribution in [-0.2, 0) is 0 Å². The molecule has 3 rings (SSSR count). The number of carbonyl (C=O) groups is 1. The zero-order valence-corrected chi connectivity index (χ0v) is 14.5. The lowest BCUT2D eigenvalue weighted by Crippen LogP contribution is -2.39. The average molecular weight is 324 g/mol. The Kier molecular flexibility index (Phi) is 4.79. The third kappa shape index (κ3) is 3.72. The van der Waals surface area contributed by atoms with E-state index in [4.69, 9.17) is 0 Å². The number of rotatable bonds is 3. The highest BCUT2D eigenvalue weighted by molar-refractivity contribution is 5.93. The van der Waals surface area contributed by atoms with E-state index in [9.17, 15) is 4.79 Å². The molecule has 1 aliphatic heterocycles. The molecule has 0 radical (unpaired) electrons. The van der Waals surface area contributed by atoms with E-state index in [1.807, 2.05) is 11.0 Å². The maximum Gasteiger partial charge on any atom is 0.257 e. The van der Waals surface area contributed by atoms with E-state index in [1.165, 1.54) is 17.5 Å². The number of aromatic nitrogens is 2. The monoisotopic (exact) mass is 324 g/mol. The number of benzene rings is 1. The number of piperidine rings is 1. The van der Waals surface area contributed by atoms with Gasteiger partial charge in [-0.15, -0.1) is 0 Å². The summed E-state index contributed by atoms with van der Waals surface area (Å²) in [4.78, 5) is 23.0.